The SMILES string of the molecule is O=C(CCn1cnc2ccccc21)NCC1CCCN1. The Labute approximate surface area is 118 Å². The fourth-order valence-electron chi connectivity index (χ4n) is 2.67. The van der Waals surface area contributed by atoms with Crippen molar-refractivity contribution in [3.8, 4) is 0 Å². The number of nitrogens with one attached hydrogen (secondary N) is 2. The minimum atomic E-state index is 0.108. The van der Waals surface area contributed by atoms with E-state index in [-0.39, 0.29) is 5.91 Å². The molecule has 2 N–H and O–H groups in total. The highest BCUT2D eigenvalue weighted by molar-refractivity contribution is 5.77. The number of hydrogen-bond donors (Lipinski definition) is 2. The zero-order valence-electron chi connectivity index (χ0n) is 11.5. The van der Waals surface area contributed by atoms with Crippen LogP contribution >= 0.6 is 0 Å². The van der Waals surface area contributed by atoms with E-state index in [9.17, 15) is 4.79 Å². The van der Waals surface area contributed by atoms with Crippen molar-refractivity contribution < 1.29 is 4.79 Å². The number of amides is 1. The number of imidazole rings is 1. The first-order chi connectivity index (χ1) is 9.83. The monoisotopic (exact) mass is 272 g/mol. The summed E-state index contributed by atoms with van der Waals surface area (Å²) in [6.45, 7) is 2.48. The molecule has 1 unspecified atom stereocenters. The lowest BCUT2D eigenvalue weighted by atomic mass is 10.2. The van der Waals surface area contributed by atoms with E-state index in [4.69, 9.17) is 0 Å². The highest BCUT2D eigenvalue weighted by atomic mass is 16.1. The second kappa shape index (κ2) is 6.05. The van der Waals surface area contributed by atoms with Gasteiger partial charge in [-0.1, -0.05) is 12.1 Å². The van der Waals surface area contributed by atoms with Crippen LogP contribution in [-0.2, 0) is 11.3 Å². The molecule has 1 fully saturated rings. The average molecular weight is 272 g/mol. The van der Waals surface area contributed by atoms with Gasteiger partial charge in [0.1, 0.15) is 0 Å². The van der Waals surface area contributed by atoms with Gasteiger partial charge >= 0.3 is 0 Å². The van der Waals surface area contributed by atoms with Gasteiger partial charge in [-0.05, 0) is 31.5 Å². The number of fused-ring (bicyclic) bond motifs is 1. The molecule has 2 aromatic rings. The maximum absolute atomic E-state index is 11.9. The van der Waals surface area contributed by atoms with Crippen LogP contribution in [0, 0.1) is 0 Å². The molecule has 1 aromatic heterocycles. The van der Waals surface area contributed by atoms with Gasteiger partial charge in [0.25, 0.3) is 0 Å². The van der Waals surface area contributed by atoms with Crippen molar-refractivity contribution in [2.75, 3.05) is 13.1 Å². The highest BCUT2D eigenvalue weighted by Gasteiger charge is 2.14. The Morgan fingerprint density at radius 2 is 2.35 bits per heavy atom. The van der Waals surface area contributed by atoms with Crippen molar-refractivity contribution in [1.82, 2.24) is 20.2 Å². The van der Waals surface area contributed by atoms with Crippen molar-refractivity contribution in [3.63, 3.8) is 0 Å². The smallest absolute Gasteiger partial charge is 0.221 e. The zero-order chi connectivity index (χ0) is 13.8. The molecule has 2 heterocycles. The van der Waals surface area contributed by atoms with Gasteiger partial charge in [0.15, 0.2) is 0 Å². The third-order valence-corrected chi connectivity index (χ3v) is 3.82. The molecule has 1 amide bonds. The Kier molecular flexibility index (Phi) is 3.97. The topological polar surface area (TPSA) is 59.0 Å². The average Bonchev–Trinajstić information content (AvgIpc) is 3.12. The first-order valence-electron chi connectivity index (χ1n) is 7.23. The van der Waals surface area contributed by atoms with E-state index in [0.29, 0.717) is 19.0 Å². The molecule has 1 aromatic carbocycles. The normalized spacial score (nSPS) is 18.5. The van der Waals surface area contributed by atoms with Crippen molar-refractivity contribution in [2.24, 2.45) is 0 Å². The lowest BCUT2D eigenvalue weighted by Crippen LogP contribution is -2.37. The molecule has 0 spiro atoms. The van der Waals surface area contributed by atoms with Crippen LogP contribution in [0.25, 0.3) is 11.0 Å². The maximum Gasteiger partial charge on any atom is 0.221 e. The number of benzene rings is 1. The molecular formula is C15H20N4O. The first kappa shape index (κ1) is 13.1. The summed E-state index contributed by atoms with van der Waals surface area (Å²) >= 11 is 0. The first-order valence-corrected chi connectivity index (χ1v) is 7.23. The number of para-hydroxylation sites is 2. The van der Waals surface area contributed by atoms with Crippen LogP contribution in [-0.4, -0.2) is 34.6 Å². The fourth-order valence-corrected chi connectivity index (χ4v) is 2.67. The molecule has 1 saturated heterocycles. The quantitative estimate of drug-likeness (QED) is 0.862. The molecule has 1 aliphatic rings. The number of nitrogens with zero attached hydrogens (tertiary/aromatic N) is 2. The van der Waals surface area contributed by atoms with E-state index in [1.165, 1.54) is 6.42 Å². The van der Waals surface area contributed by atoms with Gasteiger partial charge in [-0.15, -0.1) is 0 Å². The van der Waals surface area contributed by atoms with Crippen molar-refractivity contribution in [3.05, 3.63) is 30.6 Å². The minimum absolute atomic E-state index is 0.108. The minimum Gasteiger partial charge on any atom is -0.354 e. The van der Waals surface area contributed by atoms with Crippen molar-refractivity contribution in [2.45, 2.75) is 31.8 Å². The highest BCUT2D eigenvalue weighted by Crippen LogP contribution is 2.12. The Bertz CT molecular complexity index is 586. The number of carbonyl (C=O) groups is 1. The number of aryl methyl sites for hydroxylation is 1. The number of hydrogen-bond acceptors (Lipinski definition) is 3. The molecule has 1 atom stereocenters. The summed E-state index contributed by atoms with van der Waals surface area (Å²) in [6, 6.07) is 8.43. The maximum atomic E-state index is 11.9. The van der Waals surface area contributed by atoms with E-state index < -0.39 is 0 Å². The zero-order valence-corrected chi connectivity index (χ0v) is 11.5. The summed E-state index contributed by atoms with van der Waals surface area (Å²) in [5.41, 5.74) is 2.06. The number of aromatic nitrogens is 2. The largest absolute Gasteiger partial charge is 0.354 e. The molecule has 20 heavy (non-hydrogen) atoms. The standard InChI is InChI=1S/C15H20N4O/c20-15(17-10-12-4-3-8-16-12)7-9-19-11-18-13-5-1-2-6-14(13)19/h1-2,5-6,11-12,16H,3-4,7-10H2,(H,17,20). The summed E-state index contributed by atoms with van der Waals surface area (Å²) < 4.78 is 2.03. The number of rotatable bonds is 5. The van der Waals surface area contributed by atoms with Gasteiger partial charge in [0.2, 0.25) is 5.91 Å². The van der Waals surface area contributed by atoms with Crippen molar-refractivity contribution >= 4 is 16.9 Å². The molecular weight excluding hydrogens is 252 g/mol. The molecule has 3 rings (SSSR count). The molecule has 0 aliphatic carbocycles. The second-order valence-corrected chi connectivity index (χ2v) is 5.27. The van der Waals surface area contributed by atoms with E-state index in [1.54, 1.807) is 6.33 Å². The summed E-state index contributed by atoms with van der Waals surface area (Å²) in [5.74, 6) is 0.108. The predicted octanol–water partition coefficient (Wildman–Crippen LogP) is 1.29. The molecule has 106 valence electrons. The third-order valence-electron chi connectivity index (χ3n) is 3.82. The van der Waals surface area contributed by atoms with Gasteiger partial charge < -0.3 is 15.2 Å². The van der Waals surface area contributed by atoms with Crippen LogP contribution in [0.4, 0.5) is 0 Å². The second-order valence-electron chi connectivity index (χ2n) is 5.27. The van der Waals surface area contributed by atoms with Crippen LogP contribution in [0.3, 0.4) is 0 Å². The van der Waals surface area contributed by atoms with Crippen LogP contribution < -0.4 is 10.6 Å². The van der Waals surface area contributed by atoms with E-state index >= 15 is 0 Å². The van der Waals surface area contributed by atoms with Crippen LogP contribution in [0.2, 0.25) is 0 Å². The number of carbonyl (C=O) groups excluding carboxylic acids is 1. The van der Waals surface area contributed by atoms with Gasteiger partial charge in [-0.3, -0.25) is 4.79 Å². The lowest BCUT2D eigenvalue weighted by molar-refractivity contribution is -0.121. The van der Waals surface area contributed by atoms with Gasteiger partial charge in [-0.25, -0.2) is 4.98 Å². The molecule has 5 nitrogen and oxygen atoms in total. The third kappa shape index (κ3) is 2.99. The molecule has 0 saturated carbocycles. The van der Waals surface area contributed by atoms with Gasteiger partial charge in [0.05, 0.1) is 17.4 Å². The summed E-state index contributed by atoms with van der Waals surface area (Å²) in [4.78, 5) is 16.2. The lowest BCUT2D eigenvalue weighted by Gasteiger charge is -2.11. The van der Waals surface area contributed by atoms with Crippen LogP contribution in [0.5, 0.6) is 0 Å². The Morgan fingerprint density at radius 1 is 1.45 bits per heavy atom. The van der Waals surface area contributed by atoms with E-state index in [1.807, 2.05) is 28.8 Å². The predicted molar refractivity (Wildman–Crippen MR) is 78.4 cm³/mol. The Morgan fingerprint density at radius 3 is 3.20 bits per heavy atom. The van der Waals surface area contributed by atoms with Crippen LogP contribution in [0.15, 0.2) is 30.6 Å². The van der Waals surface area contributed by atoms with Gasteiger partial charge in [-0.2, -0.15) is 0 Å². The molecule has 0 bridgehead atoms. The van der Waals surface area contributed by atoms with Gasteiger partial charge in [0, 0.05) is 25.6 Å². The fraction of sp³-hybridized carbons (Fsp3) is 0.467. The van der Waals surface area contributed by atoms with Crippen LogP contribution in [0.1, 0.15) is 19.3 Å². The summed E-state index contributed by atoms with van der Waals surface area (Å²) in [7, 11) is 0. The Balaban J connectivity index is 1.49. The van der Waals surface area contributed by atoms with E-state index in [2.05, 4.69) is 15.6 Å². The van der Waals surface area contributed by atoms with E-state index in [0.717, 1.165) is 30.5 Å². The van der Waals surface area contributed by atoms with Crippen molar-refractivity contribution in [1.29, 1.82) is 0 Å². The Hall–Kier alpha value is -1.88. The summed E-state index contributed by atoms with van der Waals surface area (Å²) in [6.07, 6.45) is 4.66. The molecule has 1 aliphatic heterocycles. The molecule has 0 radical (unpaired) electrons. The summed E-state index contributed by atoms with van der Waals surface area (Å²) in [5, 5.41) is 6.38. The molecule has 5 heteroatoms.